The number of carbonyl (C=O) groups excluding carboxylic acids is 2. The van der Waals surface area contributed by atoms with Gasteiger partial charge in [-0.2, -0.15) is 0 Å². The van der Waals surface area contributed by atoms with Crippen molar-refractivity contribution in [2.75, 3.05) is 18.1 Å². The molecule has 0 aliphatic heterocycles. The third-order valence-corrected chi connectivity index (χ3v) is 8.62. The van der Waals surface area contributed by atoms with Crippen molar-refractivity contribution in [2.24, 2.45) is 0 Å². The van der Waals surface area contributed by atoms with Crippen LogP contribution in [0.15, 0.2) is 64.9 Å². The highest BCUT2D eigenvalue weighted by Gasteiger charge is 2.29. The first-order valence-corrected chi connectivity index (χ1v) is 14.8. The summed E-state index contributed by atoms with van der Waals surface area (Å²) in [4.78, 5) is 33.0. The molecule has 0 atom stereocenters. The van der Waals surface area contributed by atoms with Gasteiger partial charge in [-0.3, -0.25) is 4.79 Å². The molecule has 1 aliphatic carbocycles. The molecule has 1 N–H and O–H groups in total. The number of aryl methyl sites for hydroxylation is 1. The van der Waals surface area contributed by atoms with Crippen molar-refractivity contribution in [3.8, 4) is 0 Å². The fraction of sp³-hybridized carbons (Fsp3) is 0.379. The van der Waals surface area contributed by atoms with Crippen LogP contribution in [0.5, 0.6) is 0 Å². The number of nitrogens with one attached hydrogen (secondary N) is 1. The normalized spacial score (nSPS) is 13.8. The van der Waals surface area contributed by atoms with E-state index in [1.165, 1.54) is 12.1 Å². The number of urea groups is 1. The summed E-state index contributed by atoms with van der Waals surface area (Å²) >= 11 is 3.27. The maximum absolute atomic E-state index is 13.8. The Balaban J connectivity index is 1.54. The first-order valence-electron chi connectivity index (χ1n) is 12.7. The summed E-state index contributed by atoms with van der Waals surface area (Å²) in [6.45, 7) is 2.85. The van der Waals surface area contributed by atoms with E-state index in [4.69, 9.17) is 0 Å². The monoisotopic (exact) mass is 539 g/mol. The molecule has 5 nitrogen and oxygen atoms in total. The minimum Gasteiger partial charge on any atom is -0.332 e. The van der Waals surface area contributed by atoms with E-state index in [-0.39, 0.29) is 30.3 Å². The number of hydrogen-bond acceptors (Lipinski definition) is 4. The number of amides is 3. The lowest BCUT2D eigenvalue weighted by molar-refractivity contribution is -0.133. The van der Waals surface area contributed by atoms with Gasteiger partial charge in [0.2, 0.25) is 5.91 Å². The summed E-state index contributed by atoms with van der Waals surface area (Å²) in [5.41, 5.74) is 2.71. The molecular weight excluding hydrogens is 505 g/mol. The van der Waals surface area contributed by atoms with Crippen molar-refractivity contribution >= 4 is 40.7 Å². The Hall–Kier alpha value is -2.84. The molecule has 1 aliphatic rings. The second kappa shape index (κ2) is 13.1. The molecule has 4 rings (SSSR count). The van der Waals surface area contributed by atoms with E-state index in [9.17, 15) is 14.0 Å². The Morgan fingerprint density at radius 2 is 1.70 bits per heavy atom. The number of thioether (sulfide) groups is 1. The fourth-order valence-corrected chi connectivity index (χ4v) is 5.99. The zero-order chi connectivity index (χ0) is 26.2. The quantitative estimate of drug-likeness (QED) is 0.290. The lowest BCUT2D eigenvalue weighted by Crippen LogP contribution is -2.49. The maximum atomic E-state index is 13.8. The van der Waals surface area contributed by atoms with Crippen LogP contribution in [0.3, 0.4) is 0 Å². The van der Waals surface area contributed by atoms with Crippen LogP contribution in [0, 0.1) is 12.7 Å². The van der Waals surface area contributed by atoms with Crippen molar-refractivity contribution in [3.05, 3.63) is 81.8 Å². The van der Waals surface area contributed by atoms with Gasteiger partial charge >= 0.3 is 6.03 Å². The summed E-state index contributed by atoms with van der Waals surface area (Å²) in [7, 11) is 0. The van der Waals surface area contributed by atoms with Gasteiger partial charge in [0.25, 0.3) is 0 Å². The Bertz CT molecular complexity index is 1170. The summed E-state index contributed by atoms with van der Waals surface area (Å²) in [6.07, 6.45) is 7.07. The number of benzene rings is 2. The second-order valence-electron chi connectivity index (χ2n) is 9.48. The summed E-state index contributed by atoms with van der Waals surface area (Å²) in [5, 5.41) is 5.04. The molecule has 8 heteroatoms. The largest absolute Gasteiger partial charge is 0.332 e. The average Bonchev–Trinajstić information content (AvgIpc) is 3.32. The van der Waals surface area contributed by atoms with Gasteiger partial charge in [-0.15, -0.1) is 23.1 Å². The Labute approximate surface area is 227 Å². The van der Waals surface area contributed by atoms with Crippen molar-refractivity contribution in [1.82, 2.24) is 9.80 Å². The van der Waals surface area contributed by atoms with Crippen LogP contribution in [0.1, 0.15) is 48.1 Å². The highest BCUT2D eigenvalue weighted by Crippen LogP contribution is 2.25. The van der Waals surface area contributed by atoms with Crippen LogP contribution >= 0.6 is 23.1 Å². The van der Waals surface area contributed by atoms with E-state index in [0.717, 1.165) is 53.0 Å². The van der Waals surface area contributed by atoms with Crippen molar-refractivity contribution in [3.63, 3.8) is 0 Å². The minimum absolute atomic E-state index is 0.00497. The molecule has 0 unspecified atom stereocenters. The molecule has 3 amide bonds. The molecule has 0 saturated heterocycles. The van der Waals surface area contributed by atoms with Crippen LogP contribution in [0.2, 0.25) is 0 Å². The first kappa shape index (κ1) is 27.2. The topological polar surface area (TPSA) is 52.7 Å². The van der Waals surface area contributed by atoms with Crippen LogP contribution < -0.4 is 5.32 Å². The molecule has 37 heavy (non-hydrogen) atoms. The zero-order valence-electron chi connectivity index (χ0n) is 21.4. The van der Waals surface area contributed by atoms with Crippen LogP contribution in [0.4, 0.5) is 14.9 Å². The van der Waals surface area contributed by atoms with E-state index >= 15 is 0 Å². The SMILES string of the molecule is CSc1ccc(NC(=O)N(CC(=O)N(Cc2ccc(F)cc2)Cc2sccc2C)C2CCCCC2)cc1. The van der Waals surface area contributed by atoms with E-state index in [0.29, 0.717) is 18.8 Å². The summed E-state index contributed by atoms with van der Waals surface area (Å²) < 4.78 is 13.5. The third-order valence-electron chi connectivity index (χ3n) is 6.87. The van der Waals surface area contributed by atoms with E-state index < -0.39 is 0 Å². The van der Waals surface area contributed by atoms with Gasteiger partial charge in [-0.25, -0.2) is 9.18 Å². The number of hydrogen-bond donors (Lipinski definition) is 1. The summed E-state index contributed by atoms with van der Waals surface area (Å²) in [5.74, 6) is -0.419. The maximum Gasteiger partial charge on any atom is 0.322 e. The van der Waals surface area contributed by atoms with Gasteiger partial charge in [-0.1, -0.05) is 31.4 Å². The van der Waals surface area contributed by atoms with Crippen molar-refractivity contribution in [1.29, 1.82) is 0 Å². The van der Waals surface area contributed by atoms with E-state index in [1.807, 2.05) is 48.9 Å². The van der Waals surface area contributed by atoms with Crippen molar-refractivity contribution in [2.45, 2.75) is 63.1 Å². The summed E-state index contributed by atoms with van der Waals surface area (Å²) in [6, 6.07) is 15.8. The Morgan fingerprint density at radius 1 is 1.00 bits per heavy atom. The molecule has 1 fully saturated rings. The van der Waals surface area contributed by atoms with E-state index in [2.05, 4.69) is 5.32 Å². The lowest BCUT2D eigenvalue weighted by atomic mass is 9.94. The Morgan fingerprint density at radius 3 is 2.32 bits per heavy atom. The molecule has 1 heterocycles. The molecule has 1 saturated carbocycles. The number of anilines is 1. The minimum atomic E-state index is -0.304. The molecule has 0 spiro atoms. The van der Waals surface area contributed by atoms with Crippen LogP contribution in [0.25, 0.3) is 0 Å². The second-order valence-corrected chi connectivity index (χ2v) is 11.4. The van der Waals surface area contributed by atoms with Crippen molar-refractivity contribution < 1.29 is 14.0 Å². The first-order chi connectivity index (χ1) is 17.9. The van der Waals surface area contributed by atoms with Gasteiger partial charge in [0.05, 0.1) is 6.54 Å². The number of nitrogens with zero attached hydrogens (tertiary/aromatic N) is 2. The molecule has 3 aromatic rings. The van der Waals surface area contributed by atoms with Gasteiger partial charge in [-0.05, 0) is 85.0 Å². The molecular formula is C29H34FN3O2S2. The molecule has 0 bridgehead atoms. The predicted octanol–water partition coefficient (Wildman–Crippen LogP) is 7.31. The predicted molar refractivity (Wildman–Crippen MR) is 151 cm³/mol. The van der Waals surface area contributed by atoms with Crippen LogP contribution in [-0.2, 0) is 17.9 Å². The smallest absolute Gasteiger partial charge is 0.322 e. The number of rotatable bonds is 9. The third kappa shape index (κ3) is 7.58. The van der Waals surface area contributed by atoms with Gasteiger partial charge < -0.3 is 15.1 Å². The average molecular weight is 540 g/mol. The van der Waals surface area contributed by atoms with Crippen LogP contribution in [-0.4, -0.2) is 40.6 Å². The van der Waals surface area contributed by atoms with Gasteiger partial charge in [0.15, 0.2) is 0 Å². The number of thiophene rings is 1. The molecule has 196 valence electrons. The molecule has 0 radical (unpaired) electrons. The lowest BCUT2D eigenvalue weighted by Gasteiger charge is -2.35. The van der Waals surface area contributed by atoms with E-state index in [1.54, 1.807) is 45.0 Å². The fourth-order valence-electron chi connectivity index (χ4n) is 4.66. The number of halogens is 1. The molecule has 2 aromatic carbocycles. The highest BCUT2D eigenvalue weighted by atomic mass is 32.2. The Kier molecular flexibility index (Phi) is 9.63. The zero-order valence-corrected chi connectivity index (χ0v) is 23.0. The molecule has 1 aromatic heterocycles. The standard InChI is InChI=1S/C29H34FN3O2S2/c1-21-16-17-37-27(21)19-32(18-22-8-10-23(30)11-9-22)28(34)20-33(25-6-4-3-5-7-25)29(35)31-24-12-14-26(36-2)15-13-24/h8-17,25H,3-7,18-20H2,1-2H3,(H,31,35). The highest BCUT2D eigenvalue weighted by molar-refractivity contribution is 7.98. The number of carbonyl (C=O) groups is 2. The van der Waals surface area contributed by atoms with Gasteiger partial charge in [0, 0.05) is 28.0 Å². The van der Waals surface area contributed by atoms with Gasteiger partial charge in [0.1, 0.15) is 12.4 Å².